The van der Waals surface area contributed by atoms with E-state index >= 15 is 0 Å². The first-order valence-corrected chi connectivity index (χ1v) is 27.8. The molecule has 0 aliphatic rings. The summed E-state index contributed by atoms with van der Waals surface area (Å²) in [4.78, 5) is 25.4. The molecule has 0 amide bonds. The largest absolute Gasteiger partial charge is 0.462 e. The molecule has 0 aromatic rings. The molecule has 1 unspecified atom stereocenters. The average Bonchev–Trinajstić information content (AvgIpc) is 3.32. The summed E-state index contributed by atoms with van der Waals surface area (Å²) >= 11 is 0. The van der Waals surface area contributed by atoms with Crippen molar-refractivity contribution >= 4 is 11.9 Å². The van der Waals surface area contributed by atoms with Crippen LogP contribution in [0.3, 0.4) is 0 Å². The first kappa shape index (κ1) is 62.8. The summed E-state index contributed by atoms with van der Waals surface area (Å²) in [7, 11) is 0. The minimum Gasteiger partial charge on any atom is -0.462 e. The lowest BCUT2D eigenvalue weighted by Crippen LogP contribution is -2.29. The first-order valence-electron chi connectivity index (χ1n) is 27.8. The summed E-state index contributed by atoms with van der Waals surface area (Å²) < 4.78 is 17.3. The second-order valence-corrected chi connectivity index (χ2v) is 18.1. The van der Waals surface area contributed by atoms with Crippen LogP contribution in [0.5, 0.6) is 0 Å². The number of allylic oxidation sites excluding steroid dienone is 15. The molecule has 0 aliphatic carbocycles. The molecule has 1 atom stereocenters. The maximum Gasteiger partial charge on any atom is 0.310 e. The molecule has 0 saturated heterocycles. The third-order valence-electron chi connectivity index (χ3n) is 11.6. The Morgan fingerprint density at radius 1 is 0.364 bits per heavy atom. The van der Waals surface area contributed by atoms with Gasteiger partial charge in [0.15, 0.2) is 6.10 Å². The van der Waals surface area contributed by atoms with Gasteiger partial charge in [-0.05, 0) is 77.0 Å². The molecule has 0 aromatic carbocycles. The summed E-state index contributed by atoms with van der Waals surface area (Å²) in [6.45, 7) is 7.50. The van der Waals surface area contributed by atoms with E-state index in [9.17, 15) is 9.59 Å². The highest BCUT2D eigenvalue weighted by atomic mass is 16.6. The van der Waals surface area contributed by atoms with Gasteiger partial charge in [-0.3, -0.25) is 9.59 Å². The number of esters is 2. The molecule has 0 bridgehead atoms. The van der Waals surface area contributed by atoms with Crippen LogP contribution < -0.4 is 0 Å². The van der Waals surface area contributed by atoms with Gasteiger partial charge in [-0.1, -0.05) is 259 Å². The van der Waals surface area contributed by atoms with Crippen molar-refractivity contribution in [2.24, 2.45) is 0 Å². The molecule has 0 rings (SSSR count). The van der Waals surface area contributed by atoms with E-state index in [0.29, 0.717) is 13.0 Å². The number of hydrogen-bond acceptors (Lipinski definition) is 5. The van der Waals surface area contributed by atoms with Crippen molar-refractivity contribution in [1.82, 2.24) is 0 Å². The van der Waals surface area contributed by atoms with Gasteiger partial charge in [0, 0.05) is 13.0 Å². The van der Waals surface area contributed by atoms with Crippen molar-refractivity contribution in [3.63, 3.8) is 0 Å². The van der Waals surface area contributed by atoms with E-state index in [1.165, 1.54) is 141 Å². The van der Waals surface area contributed by atoms with Crippen LogP contribution in [0.25, 0.3) is 0 Å². The number of hydrogen-bond donors (Lipinski definition) is 0. The molecule has 5 heteroatoms. The van der Waals surface area contributed by atoms with Crippen molar-refractivity contribution in [2.75, 3.05) is 19.8 Å². The fourth-order valence-corrected chi connectivity index (χ4v) is 7.60. The summed E-state index contributed by atoms with van der Waals surface area (Å²) in [6.07, 6.45) is 75.9. The monoisotopic (exact) mass is 917 g/mol. The van der Waals surface area contributed by atoms with Crippen LogP contribution in [0, 0.1) is 0 Å². The van der Waals surface area contributed by atoms with Gasteiger partial charge in [-0.15, -0.1) is 0 Å². The molecule has 5 nitrogen and oxygen atoms in total. The highest BCUT2D eigenvalue weighted by Crippen LogP contribution is 2.15. The van der Waals surface area contributed by atoms with Crippen molar-refractivity contribution in [3.05, 3.63) is 97.2 Å². The molecule has 0 aliphatic heterocycles. The zero-order valence-corrected chi connectivity index (χ0v) is 43.4. The molecule has 0 fully saturated rings. The predicted molar refractivity (Wildman–Crippen MR) is 288 cm³/mol. The second-order valence-electron chi connectivity index (χ2n) is 18.1. The molecule has 0 radical (unpaired) electrons. The molecule has 0 saturated carbocycles. The Morgan fingerprint density at radius 2 is 0.727 bits per heavy atom. The molecule has 0 spiro atoms. The third kappa shape index (κ3) is 53.4. The maximum absolute atomic E-state index is 12.8. The normalized spacial score (nSPS) is 13.0. The number of carbonyl (C=O) groups excluding carboxylic acids is 2. The van der Waals surface area contributed by atoms with E-state index in [1.807, 2.05) is 12.2 Å². The Morgan fingerprint density at radius 3 is 1.17 bits per heavy atom. The Kier molecular flexibility index (Phi) is 53.4. The number of ether oxygens (including phenoxy) is 3. The first-order chi connectivity index (χ1) is 32.6. The second kappa shape index (κ2) is 56.1. The third-order valence-corrected chi connectivity index (χ3v) is 11.6. The summed E-state index contributed by atoms with van der Waals surface area (Å²) in [5, 5.41) is 0. The molecule has 378 valence electrons. The van der Waals surface area contributed by atoms with E-state index in [0.717, 1.165) is 77.0 Å². The van der Waals surface area contributed by atoms with Crippen LogP contribution in [-0.4, -0.2) is 37.9 Å². The van der Waals surface area contributed by atoms with Crippen LogP contribution in [0.4, 0.5) is 0 Å². The molecule has 66 heavy (non-hydrogen) atoms. The van der Waals surface area contributed by atoms with Crippen molar-refractivity contribution in [2.45, 2.75) is 258 Å². The smallest absolute Gasteiger partial charge is 0.310 e. The molecular weight excluding hydrogens is 813 g/mol. The fourth-order valence-electron chi connectivity index (χ4n) is 7.60. The van der Waals surface area contributed by atoms with Gasteiger partial charge in [0.1, 0.15) is 6.61 Å². The zero-order valence-electron chi connectivity index (χ0n) is 43.4. The van der Waals surface area contributed by atoms with Gasteiger partial charge in [0.2, 0.25) is 0 Å². The quantitative estimate of drug-likeness (QED) is 0.0346. The van der Waals surface area contributed by atoms with Crippen molar-refractivity contribution in [1.29, 1.82) is 0 Å². The predicted octanol–water partition coefficient (Wildman–Crippen LogP) is 19.0. The number of carbonyl (C=O) groups is 2. The topological polar surface area (TPSA) is 61.8 Å². The van der Waals surface area contributed by atoms with Crippen molar-refractivity contribution in [3.8, 4) is 0 Å². The van der Waals surface area contributed by atoms with Gasteiger partial charge >= 0.3 is 11.9 Å². The lowest BCUT2D eigenvalue weighted by Gasteiger charge is -2.18. The van der Waals surface area contributed by atoms with Gasteiger partial charge in [0.05, 0.1) is 13.0 Å². The molecule has 0 aromatic heterocycles. The standard InChI is InChI=1S/C61H104O5/c1-4-7-10-13-16-19-22-25-28-30-32-35-38-41-44-47-50-53-56-64-57-59(66-61(63)55-52-49-46-43-40-37-33-27-24-21-18-15-12-9-6-3)58-65-60(62)54-51-48-45-42-39-36-34-31-29-26-23-20-17-14-11-8-5-2/h7,9-10,12,16,18-19,21,25,27-28,33,40,43,49,52,59H,4-6,8,11,13-15,17,20,22-24,26,29-32,34-39,41-42,44-48,50-51,53-58H2,1-3H3/b10-7-,12-9-,19-16-,21-18-,28-25-,33-27-,43-40-,52-49-. The molecule has 0 N–H and O–H groups in total. The summed E-state index contributed by atoms with van der Waals surface area (Å²) in [5.41, 5.74) is 0. The van der Waals surface area contributed by atoms with Crippen LogP contribution in [-0.2, 0) is 23.8 Å². The van der Waals surface area contributed by atoms with Crippen LogP contribution in [0.1, 0.15) is 252 Å². The van der Waals surface area contributed by atoms with E-state index in [-0.39, 0.29) is 31.6 Å². The lowest BCUT2D eigenvalue weighted by atomic mass is 10.0. The Bertz CT molecular complexity index is 1270. The number of rotatable bonds is 50. The maximum atomic E-state index is 12.8. The minimum absolute atomic E-state index is 0.0407. The van der Waals surface area contributed by atoms with Gasteiger partial charge < -0.3 is 14.2 Å². The summed E-state index contributed by atoms with van der Waals surface area (Å²) in [5.74, 6) is -0.543. The van der Waals surface area contributed by atoms with Crippen LogP contribution >= 0.6 is 0 Å². The van der Waals surface area contributed by atoms with Crippen LogP contribution in [0.15, 0.2) is 97.2 Å². The Labute approximate surface area is 409 Å². The summed E-state index contributed by atoms with van der Waals surface area (Å²) in [6, 6.07) is 0. The highest BCUT2D eigenvalue weighted by Gasteiger charge is 2.17. The Hall–Kier alpha value is -3.18. The lowest BCUT2D eigenvalue weighted by molar-refractivity contribution is -0.162. The molecule has 0 heterocycles. The average molecular weight is 917 g/mol. The van der Waals surface area contributed by atoms with E-state index < -0.39 is 6.10 Å². The van der Waals surface area contributed by atoms with Gasteiger partial charge in [-0.25, -0.2) is 0 Å². The van der Waals surface area contributed by atoms with Gasteiger partial charge in [-0.2, -0.15) is 0 Å². The van der Waals surface area contributed by atoms with E-state index in [4.69, 9.17) is 14.2 Å². The Balaban J connectivity index is 4.37. The molecular formula is C61H104O5. The zero-order chi connectivity index (χ0) is 47.7. The van der Waals surface area contributed by atoms with E-state index in [2.05, 4.69) is 106 Å². The van der Waals surface area contributed by atoms with Crippen molar-refractivity contribution < 1.29 is 23.8 Å². The fraction of sp³-hybridized carbons (Fsp3) is 0.705. The van der Waals surface area contributed by atoms with Gasteiger partial charge in [0.25, 0.3) is 0 Å². The SMILES string of the molecule is CC/C=C\C/C=C\C/C=C\C/C=C\C/C=C\CC(=O)OC(COCCCCCCCCCC/C=C\C/C=C\C/C=C\CC)COC(=O)CCCCCCCCCCCCCCCCCCC. The minimum atomic E-state index is -0.598. The number of unbranched alkanes of at least 4 members (excludes halogenated alkanes) is 24. The van der Waals surface area contributed by atoms with E-state index in [1.54, 1.807) is 0 Å². The van der Waals surface area contributed by atoms with Crippen LogP contribution in [0.2, 0.25) is 0 Å². The highest BCUT2D eigenvalue weighted by molar-refractivity contribution is 5.71.